The van der Waals surface area contributed by atoms with E-state index >= 15 is 0 Å². The van der Waals surface area contributed by atoms with Crippen molar-refractivity contribution in [1.82, 2.24) is 10.2 Å². The molecule has 0 aliphatic rings. The van der Waals surface area contributed by atoms with Crippen LogP contribution in [0.25, 0.3) is 10.9 Å². The Morgan fingerprint density at radius 1 is 1.30 bits per heavy atom. The predicted molar refractivity (Wildman–Crippen MR) is 78.1 cm³/mol. The van der Waals surface area contributed by atoms with Gasteiger partial charge in [0.25, 0.3) is 5.91 Å². The number of hydrogen-bond donors (Lipinski definition) is 2. The first-order valence-corrected chi connectivity index (χ1v) is 6.63. The van der Waals surface area contributed by atoms with Crippen molar-refractivity contribution in [2.24, 2.45) is 0 Å². The summed E-state index contributed by atoms with van der Waals surface area (Å²) in [5.74, 6) is -0.843. The molecule has 0 aliphatic carbocycles. The molecule has 0 spiro atoms. The van der Waals surface area contributed by atoms with E-state index in [4.69, 9.17) is 0 Å². The molecule has 3 rings (SSSR count). The lowest BCUT2D eigenvalue weighted by molar-refractivity contribution is 0.102. The van der Waals surface area contributed by atoms with Gasteiger partial charge < -0.3 is 5.32 Å². The van der Waals surface area contributed by atoms with Crippen molar-refractivity contribution in [3.8, 4) is 0 Å². The third-order valence-corrected chi connectivity index (χ3v) is 3.56. The number of aromatic nitrogens is 2. The van der Waals surface area contributed by atoms with Gasteiger partial charge in [-0.05, 0) is 46.3 Å². The van der Waals surface area contributed by atoms with E-state index in [0.717, 1.165) is 10.9 Å². The van der Waals surface area contributed by atoms with E-state index < -0.39 is 5.82 Å². The van der Waals surface area contributed by atoms with Gasteiger partial charge in [-0.3, -0.25) is 9.89 Å². The molecule has 1 amide bonds. The second-order valence-electron chi connectivity index (χ2n) is 4.22. The van der Waals surface area contributed by atoms with Crippen molar-refractivity contribution in [3.63, 3.8) is 0 Å². The van der Waals surface area contributed by atoms with Crippen LogP contribution in [0.3, 0.4) is 0 Å². The molecule has 2 N–H and O–H groups in total. The number of amides is 1. The topological polar surface area (TPSA) is 57.8 Å². The second kappa shape index (κ2) is 5.05. The normalized spacial score (nSPS) is 10.7. The van der Waals surface area contributed by atoms with Gasteiger partial charge in [0.2, 0.25) is 0 Å². The second-order valence-corrected chi connectivity index (χ2v) is 5.07. The maximum Gasteiger partial charge on any atom is 0.255 e. The number of benzene rings is 2. The number of nitrogens with zero attached hydrogens (tertiary/aromatic N) is 1. The highest BCUT2D eigenvalue weighted by Crippen LogP contribution is 2.22. The highest BCUT2D eigenvalue weighted by atomic mass is 79.9. The number of carbonyl (C=O) groups is 1. The molecule has 0 atom stereocenters. The Balaban J connectivity index is 1.92. The summed E-state index contributed by atoms with van der Waals surface area (Å²) in [6.07, 6.45) is 1.63. The smallest absolute Gasteiger partial charge is 0.255 e. The van der Waals surface area contributed by atoms with Gasteiger partial charge in [0.1, 0.15) is 5.82 Å². The van der Waals surface area contributed by atoms with Crippen LogP contribution in [0.1, 0.15) is 10.4 Å². The SMILES string of the molecule is O=C(Nc1cccc2[nH]ncc12)c1ccc(Br)c(F)c1. The van der Waals surface area contributed by atoms with Gasteiger partial charge in [0.05, 0.1) is 21.9 Å². The lowest BCUT2D eigenvalue weighted by Gasteiger charge is -2.06. The van der Waals surface area contributed by atoms with E-state index in [1.807, 2.05) is 6.07 Å². The third-order valence-electron chi connectivity index (χ3n) is 2.91. The van der Waals surface area contributed by atoms with Gasteiger partial charge >= 0.3 is 0 Å². The average Bonchev–Trinajstić information content (AvgIpc) is 2.91. The van der Waals surface area contributed by atoms with Crippen LogP contribution in [0.2, 0.25) is 0 Å². The maximum atomic E-state index is 13.4. The number of rotatable bonds is 2. The minimum Gasteiger partial charge on any atom is -0.321 e. The first-order valence-electron chi connectivity index (χ1n) is 5.83. The number of H-pyrrole nitrogens is 1. The van der Waals surface area contributed by atoms with E-state index in [1.165, 1.54) is 12.1 Å². The van der Waals surface area contributed by atoms with Crippen molar-refractivity contribution >= 4 is 38.4 Å². The quantitative estimate of drug-likeness (QED) is 0.750. The number of fused-ring (bicyclic) bond motifs is 1. The molecule has 0 fully saturated rings. The predicted octanol–water partition coefficient (Wildman–Crippen LogP) is 3.72. The first-order chi connectivity index (χ1) is 9.65. The molecule has 20 heavy (non-hydrogen) atoms. The third kappa shape index (κ3) is 2.30. The molecule has 1 aromatic heterocycles. The van der Waals surface area contributed by atoms with Crippen molar-refractivity contribution < 1.29 is 9.18 Å². The van der Waals surface area contributed by atoms with E-state index in [0.29, 0.717) is 10.2 Å². The zero-order valence-corrected chi connectivity index (χ0v) is 11.7. The van der Waals surface area contributed by atoms with Gasteiger partial charge in [-0.1, -0.05) is 6.07 Å². The fourth-order valence-corrected chi connectivity index (χ4v) is 2.16. The van der Waals surface area contributed by atoms with Gasteiger partial charge in [0.15, 0.2) is 0 Å². The Morgan fingerprint density at radius 2 is 2.15 bits per heavy atom. The fraction of sp³-hybridized carbons (Fsp3) is 0. The van der Waals surface area contributed by atoms with Crippen LogP contribution in [0.5, 0.6) is 0 Å². The maximum absolute atomic E-state index is 13.4. The molecule has 0 radical (unpaired) electrons. The highest BCUT2D eigenvalue weighted by molar-refractivity contribution is 9.10. The largest absolute Gasteiger partial charge is 0.321 e. The summed E-state index contributed by atoms with van der Waals surface area (Å²) in [5, 5.41) is 10.3. The summed E-state index contributed by atoms with van der Waals surface area (Å²) in [7, 11) is 0. The van der Waals surface area contributed by atoms with Gasteiger partial charge in [-0.2, -0.15) is 5.10 Å². The highest BCUT2D eigenvalue weighted by Gasteiger charge is 2.11. The van der Waals surface area contributed by atoms with Crippen LogP contribution in [0, 0.1) is 5.82 Å². The molecule has 0 saturated heterocycles. The Morgan fingerprint density at radius 3 is 2.95 bits per heavy atom. The number of nitrogens with one attached hydrogen (secondary N) is 2. The lowest BCUT2D eigenvalue weighted by atomic mass is 10.2. The monoisotopic (exact) mass is 333 g/mol. The fourth-order valence-electron chi connectivity index (χ4n) is 1.91. The molecular weight excluding hydrogens is 325 g/mol. The molecule has 0 saturated carbocycles. The minimum atomic E-state index is -0.473. The van der Waals surface area contributed by atoms with E-state index in [9.17, 15) is 9.18 Å². The van der Waals surface area contributed by atoms with Gasteiger partial charge in [-0.25, -0.2) is 4.39 Å². The molecule has 0 unspecified atom stereocenters. The summed E-state index contributed by atoms with van der Waals surface area (Å²) in [5.41, 5.74) is 1.71. The summed E-state index contributed by atoms with van der Waals surface area (Å²) in [4.78, 5) is 12.1. The van der Waals surface area contributed by atoms with Crippen molar-refractivity contribution in [3.05, 3.63) is 58.4 Å². The lowest BCUT2D eigenvalue weighted by Crippen LogP contribution is -2.12. The van der Waals surface area contributed by atoms with Crippen LogP contribution < -0.4 is 5.32 Å². The molecule has 3 aromatic rings. The zero-order chi connectivity index (χ0) is 14.1. The van der Waals surface area contributed by atoms with E-state index in [2.05, 4.69) is 31.4 Å². The number of aromatic amines is 1. The summed E-state index contributed by atoms with van der Waals surface area (Å²) >= 11 is 3.05. The van der Waals surface area contributed by atoms with Gasteiger partial charge in [-0.15, -0.1) is 0 Å². The molecule has 100 valence electrons. The number of hydrogen-bond acceptors (Lipinski definition) is 2. The van der Waals surface area contributed by atoms with Crippen molar-refractivity contribution in [1.29, 1.82) is 0 Å². The molecule has 1 heterocycles. The van der Waals surface area contributed by atoms with Crippen LogP contribution in [0.15, 0.2) is 47.1 Å². The van der Waals surface area contributed by atoms with Crippen molar-refractivity contribution in [2.45, 2.75) is 0 Å². The molecular formula is C14H9BrFN3O. The van der Waals surface area contributed by atoms with E-state index in [1.54, 1.807) is 24.4 Å². The molecule has 6 heteroatoms. The van der Waals surface area contributed by atoms with Gasteiger partial charge in [0, 0.05) is 10.9 Å². The number of halogens is 2. The molecule has 0 bridgehead atoms. The Bertz CT molecular complexity index is 800. The zero-order valence-electron chi connectivity index (χ0n) is 10.2. The Labute approximate surface area is 122 Å². The standard InChI is InChI=1S/C14H9BrFN3O/c15-10-5-4-8(6-11(10)16)14(20)18-12-2-1-3-13-9(12)7-17-19-13/h1-7H,(H,17,19)(H,18,20). The summed E-state index contributed by atoms with van der Waals surface area (Å²) in [6.45, 7) is 0. The van der Waals surface area contributed by atoms with Crippen molar-refractivity contribution in [2.75, 3.05) is 5.32 Å². The van der Waals surface area contributed by atoms with E-state index in [-0.39, 0.29) is 11.5 Å². The Hall–Kier alpha value is -2.21. The average molecular weight is 334 g/mol. The number of carbonyl (C=O) groups excluding carboxylic acids is 1. The van der Waals surface area contributed by atoms with Crippen LogP contribution in [-0.4, -0.2) is 16.1 Å². The van der Waals surface area contributed by atoms with Crippen LogP contribution in [-0.2, 0) is 0 Å². The molecule has 4 nitrogen and oxygen atoms in total. The summed E-state index contributed by atoms with van der Waals surface area (Å²) < 4.78 is 13.8. The van der Waals surface area contributed by atoms with Crippen LogP contribution in [0.4, 0.5) is 10.1 Å². The Kier molecular flexibility index (Phi) is 3.23. The first kappa shape index (κ1) is 12.8. The van der Waals surface area contributed by atoms with Crippen LogP contribution >= 0.6 is 15.9 Å². The minimum absolute atomic E-state index is 0.256. The molecule has 0 aliphatic heterocycles. The molecule has 2 aromatic carbocycles. The summed E-state index contributed by atoms with van der Waals surface area (Å²) in [6, 6.07) is 9.68. The number of anilines is 1.